The second-order valence-corrected chi connectivity index (χ2v) is 4.29. The van der Waals surface area contributed by atoms with Gasteiger partial charge in [-0.2, -0.15) is 0 Å². The maximum Gasteiger partial charge on any atom is 0.151 e. The van der Waals surface area contributed by atoms with Crippen LogP contribution in [-0.4, -0.2) is 23.4 Å². The maximum absolute atomic E-state index is 11.6. The van der Waals surface area contributed by atoms with Crippen molar-refractivity contribution < 1.29 is 4.79 Å². The van der Waals surface area contributed by atoms with Crippen LogP contribution in [0.1, 0.15) is 12.0 Å². The van der Waals surface area contributed by atoms with E-state index in [-0.39, 0.29) is 6.04 Å². The molecule has 1 fully saturated rings. The number of hydrogen-bond acceptors (Lipinski definition) is 2. The number of benzene rings is 1. The van der Waals surface area contributed by atoms with Crippen molar-refractivity contribution in [3.05, 3.63) is 36.0 Å². The summed E-state index contributed by atoms with van der Waals surface area (Å²) in [5.74, 6) is 0.338. The molecule has 1 aliphatic rings. The number of aromatic nitrogens is 1. The van der Waals surface area contributed by atoms with Gasteiger partial charge in [-0.25, -0.2) is 0 Å². The van der Waals surface area contributed by atoms with E-state index in [2.05, 4.69) is 22.4 Å². The number of carbonyl (C=O) groups is 1. The minimum absolute atomic E-state index is 0.0132. The first-order valence-electron chi connectivity index (χ1n) is 5.66. The highest BCUT2D eigenvalue weighted by Gasteiger charge is 2.24. The van der Waals surface area contributed by atoms with Crippen molar-refractivity contribution in [3.8, 4) is 0 Å². The molecule has 1 aromatic heterocycles. The summed E-state index contributed by atoms with van der Waals surface area (Å²) >= 11 is 0. The van der Waals surface area contributed by atoms with E-state index >= 15 is 0 Å². The highest BCUT2D eigenvalue weighted by molar-refractivity contribution is 5.88. The van der Waals surface area contributed by atoms with Gasteiger partial charge in [-0.3, -0.25) is 4.79 Å². The van der Waals surface area contributed by atoms with Gasteiger partial charge in [-0.05, 0) is 18.1 Å². The van der Waals surface area contributed by atoms with Gasteiger partial charge in [0, 0.05) is 30.1 Å². The molecule has 1 aromatic carbocycles. The molecular formula is C13H14N2O. The number of ketones is 1. The topological polar surface area (TPSA) is 44.9 Å². The third-order valence-electron chi connectivity index (χ3n) is 3.25. The summed E-state index contributed by atoms with van der Waals surface area (Å²) in [4.78, 5) is 14.8. The number of rotatable bonds is 2. The molecule has 0 aliphatic carbocycles. The lowest BCUT2D eigenvalue weighted by Crippen LogP contribution is -2.29. The Morgan fingerprint density at radius 2 is 2.19 bits per heavy atom. The Bertz CT molecular complexity index is 529. The van der Waals surface area contributed by atoms with Gasteiger partial charge in [-0.1, -0.05) is 18.2 Å². The number of H-pyrrole nitrogens is 1. The Morgan fingerprint density at radius 1 is 1.31 bits per heavy atom. The molecule has 16 heavy (non-hydrogen) atoms. The lowest BCUT2D eigenvalue weighted by atomic mass is 10.0. The normalized spacial score (nSPS) is 20.8. The van der Waals surface area contributed by atoms with Crippen LogP contribution < -0.4 is 5.32 Å². The molecule has 0 unspecified atom stereocenters. The zero-order valence-electron chi connectivity index (χ0n) is 8.99. The Hall–Kier alpha value is -1.61. The van der Waals surface area contributed by atoms with Crippen LogP contribution in [0.25, 0.3) is 10.9 Å². The van der Waals surface area contributed by atoms with E-state index < -0.39 is 0 Å². The van der Waals surface area contributed by atoms with Crippen LogP contribution in [-0.2, 0) is 11.2 Å². The first-order valence-corrected chi connectivity index (χ1v) is 5.66. The molecule has 1 atom stereocenters. The number of nitrogens with one attached hydrogen (secondary N) is 2. The number of Topliss-reactive ketones (excluding diaryl/α,β-unsaturated/α-hetero) is 1. The quantitative estimate of drug-likeness (QED) is 0.798. The Kier molecular flexibility index (Phi) is 2.26. The van der Waals surface area contributed by atoms with Crippen molar-refractivity contribution in [2.45, 2.75) is 18.9 Å². The highest BCUT2D eigenvalue weighted by atomic mass is 16.1. The van der Waals surface area contributed by atoms with Crippen LogP contribution in [0.3, 0.4) is 0 Å². The van der Waals surface area contributed by atoms with Gasteiger partial charge < -0.3 is 10.3 Å². The van der Waals surface area contributed by atoms with Crippen molar-refractivity contribution in [3.63, 3.8) is 0 Å². The first kappa shape index (κ1) is 9.60. The molecule has 2 N–H and O–H groups in total. The molecule has 0 saturated carbocycles. The van der Waals surface area contributed by atoms with E-state index in [0.29, 0.717) is 12.2 Å². The second kappa shape index (κ2) is 3.76. The van der Waals surface area contributed by atoms with Crippen molar-refractivity contribution in [1.82, 2.24) is 10.3 Å². The van der Waals surface area contributed by atoms with Crippen LogP contribution in [0.4, 0.5) is 0 Å². The molecule has 3 rings (SSSR count). The Balaban J connectivity index is 1.92. The number of aromatic amines is 1. The fraction of sp³-hybridized carbons (Fsp3) is 0.308. The number of hydrogen-bond donors (Lipinski definition) is 2. The number of para-hydroxylation sites is 1. The van der Waals surface area contributed by atoms with Gasteiger partial charge >= 0.3 is 0 Å². The van der Waals surface area contributed by atoms with Gasteiger partial charge in [0.25, 0.3) is 0 Å². The zero-order valence-corrected chi connectivity index (χ0v) is 8.99. The van der Waals surface area contributed by atoms with Crippen molar-refractivity contribution in [1.29, 1.82) is 0 Å². The van der Waals surface area contributed by atoms with Gasteiger partial charge in [0.15, 0.2) is 5.78 Å². The van der Waals surface area contributed by atoms with E-state index in [4.69, 9.17) is 0 Å². The Morgan fingerprint density at radius 3 is 3.00 bits per heavy atom. The third kappa shape index (κ3) is 1.53. The number of carbonyl (C=O) groups excluding carboxylic acids is 1. The zero-order chi connectivity index (χ0) is 11.0. The predicted octanol–water partition coefficient (Wildman–Crippen LogP) is 1.64. The summed E-state index contributed by atoms with van der Waals surface area (Å²) in [7, 11) is 0. The molecule has 2 heterocycles. The first-order chi connectivity index (χ1) is 7.84. The minimum Gasteiger partial charge on any atom is -0.361 e. The largest absolute Gasteiger partial charge is 0.361 e. The molecular weight excluding hydrogens is 200 g/mol. The monoisotopic (exact) mass is 214 g/mol. The van der Waals surface area contributed by atoms with E-state index in [9.17, 15) is 4.79 Å². The summed E-state index contributed by atoms with van der Waals surface area (Å²) in [6.07, 6.45) is 3.48. The van der Waals surface area contributed by atoms with Crippen LogP contribution in [0.2, 0.25) is 0 Å². The van der Waals surface area contributed by atoms with Crippen LogP contribution in [0.15, 0.2) is 30.5 Å². The van der Waals surface area contributed by atoms with E-state index in [1.807, 2.05) is 18.3 Å². The Labute approximate surface area is 93.9 Å². The summed E-state index contributed by atoms with van der Waals surface area (Å²) in [6.45, 7) is 0.825. The van der Waals surface area contributed by atoms with Crippen LogP contribution in [0.5, 0.6) is 0 Å². The summed E-state index contributed by atoms with van der Waals surface area (Å²) in [6, 6.07) is 8.22. The molecule has 3 nitrogen and oxygen atoms in total. The molecule has 0 spiro atoms. The van der Waals surface area contributed by atoms with Crippen molar-refractivity contribution >= 4 is 16.7 Å². The molecule has 2 aromatic rings. The van der Waals surface area contributed by atoms with E-state index in [1.165, 1.54) is 10.9 Å². The molecule has 1 saturated heterocycles. The summed E-state index contributed by atoms with van der Waals surface area (Å²) in [5.41, 5.74) is 2.37. The van der Waals surface area contributed by atoms with Crippen LogP contribution in [0, 0.1) is 0 Å². The second-order valence-electron chi connectivity index (χ2n) is 4.29. The van der Waals surface area contributed by atoms with Gasteiger partial charge in [0.1, 0.15) is 0 Å². The smallest absolute Gasteiger partial charge is 0.151 e. The summed E-state index contributed by atoms with van der Waals surface area (Å²) < 4.78 is 0. The minimum atomic E-state index is 0.0132. The SMILES string of the molecule is O=C1CCN[C@@H]1Cc1c[nH]c2ccccc12. The predicted molar refractivity (Wildman–Crippen MR) is 63.4 cm³/mol. The number of fused-ring (bicyclic) bond motifs is 1. The standard InChI is InChI=1S/C13H14N2O/c16-13-5-6-14-12(13)7-9-8-15-11-4-2-1-3-10(9)11/h1-4,8,12,14-15H,5-7H2/t12-/m1/s1. The van der Waals surface area contributed by atoms with E-state index in [0.717, 1.165) is 18.5 Å². The van der Waals surface area contributed by atoms with Crippen molar-refractivity contribution in [2.75, 3.05) is 6.54 Å². The van der Waals surface area contributed by atoms with Gasteiger partial charge in [0.05, 0.1) is 6.04 Å². The maximum atomic E-state index is 11.6. The van der Waals surface area contributed by atoms with Gasteiger partial charge in [-0.15, -0.1) is 0 Å². The molecule has 82 valence electrons. The lowest BCUT2D eigenvalue weighted by Gasteiger charge is -2.07. The average Bonchev–Trinajstić information content (AvgIpc) is 2.88. The third-order valence-corrected chi connectivity index (χ3v) is 3.25. The molecule has 0 amide bonds. The lowest BCUT2D eigenvalue weighted by molar-refractivity contribution is -0.118. The van der Waals surface area contributed by atoms with Crippen LogP contribution >= 0.6 is 0 Å². The molecule has 0 bridgehead atoms. The van der Waals surface area contributed by atoms with E-state index in [1.54, 1.807) is 0 Å². The molecule has 3 heteroatoms. The summed E-state index contributed by atoms with van der Waals surface area (Å²) in [5, 5.41) is 4.47. The fourth-order valence-electron chi connectivity index (χ4n) is 2.36. The molecule has 1 aliphatic heterocycles. The highest BCUT2D eigenvalue weighted by Crippen LogP contribution is 2.20. The van der Waals surface area contributed by atoms with Crippen molar-refractivity contribution in [2.24, 2.45) is 0 Å². The molecule has 0 radical (unpaired) electrons. The average molecular weight is 214 g/mol. The van der Waals surface area contributed by atoms with Gasteiger partial charge in [0.2, 0.25) is 0 Å². The fourth-order valence-corrected chi connectivity index (χ4v) is 2.36.